The van der Waals surface area contributed by atoms with E-state index in [1.54, 1.807) is 0 Å². The Hall–Kier alpha value is -0.860. The van der Waals surface area contributed by atoms with Crippen molar-refractivity contribution < 1.29 is 17.9 Å². The SMILES string of the molecule is CC1(NC(=O)c2cc(S(N)(=O)=O)cc(Cl)c2Cl)CCOC1. The second-order valence-electron chi connectivity index (χ2n) is 5.13. The summed E-state index contributed by atoms with van der Waals surface area (Å²) in [6.07, 6.45) is 0.652. The summed E-state index contributed by atoms with van der Waals surface area (Å²) >= 11 is 11.8. The summed E-state index contributed by atoms with van der Waals surface area (Å²) in [5, 5.41) is 7.75. The van der Waals surface area contributed by atoms with E-state index in [4.69, 9.17) is 33.1 Å². The molecule has 0 aliphatic carbocycles. The lowest BCUT2D eigenvalue weighted by atomic mass is 10.0. The Morgan fingerprint density at radius 3 is 2.62 bits per heavy atom. The zero-order valence-corrected chi connectivity index (χ0v) is 13.5. The molecule has 116 valence electrons. The average molecular weight is 353 g/mol. The van der Waals surface area contributed by atoms with Crippen molar-refractivity contribution >= 4 is 39.1 Å². The lowest BCUT2D eigenvalue weighted by Gasteiger charge is -2.24. The predicted octanol–water partition coefficient (Wildman–Crippen LogP) is 1.55. The number of sulfonamides is 1. The number of ether oxygens (including phenoxy) is 1. The summed E-state index contributed by atoms with van der Waals surface area (Å²) in [5.41, 5.74) is -0.564. The van der Waals surface area contributed by atoms with Gasteiger partial charge in [-0.2, -0.15) is 0 Å². The van der Waals surface area contributed by atoms with Crippen molar-refractivity contribution in [3.8, 4) is 0 Å². The minimum atomic E-state index is -3.99. The van der Waals surface area contributed by atoms with E-state index < -0.39 is 21.5 Å². The van der Waals surface area contributed by atoms with Crippen LogP contribution in [-0.2, 0) is 14.8 Å². The molecule has 1 aromatic carbocycles. The molecular formula is C12H14Cl2N2O4S. The number of carbonyl (C=O) groups is 1. The van der Waals surface area contributed by atoms with Gasteiger partial charge in [-0.3, -0.25) is 4.79 Å². The number of carbonyl (C=O) groups excluding carboxylic acids is 1. The number of nitrogens with one attached hydrogen (secondary N) is 1. The van der Waals surface area contributed by atoms with Crippen molar-refractivity contribution in [2.45, 2.75) is 23.8 Å². The predicted molar refractivity (Wildman–Crippen MR) is 79.1 cm³/mol. The number of hydrogen-bond acceptors (Lipinski definition) is 4. The zero-order chi connectivity index (χ0) is 15.8. The fourth-order valence-electron chi connectivity index (χ4n) is 2.00. The molecule has 1 heterocycles. The van der Waals surface area contributed by atoms with Crippen molar-refractivity contribution in [1.82, 2.24) is 5.32 Å². The van der Waals surface area contributed by atoms with Crippen LogP contribution in [0.4, 0.5) is 0 Å². The van der Waals surface area contributed by atoms with Gasteiger partial charge in [0.2, 0.25) is 10.0 Å². The molecule has 0 spiro atoms. The minimum Gasteiger partial charge on any atom is -0.379 e. The van der Waals surface area contributed by atoms with Crippen molar-refractivity contribution in [1.29, 1.82) is 0 Å². The van der Waals surface area contributed by atoms with Crippen LogP contribution in [0.2, 0.25) is 10.0 Å². The van der Waals surface area contributed by atoms with Crippen molar-refractivity contribution in [3.05, 3.63) is 27.7 Å². The first-order valence-corrected chi connectivity index (χ1v) is 8.35. The van der Waals surface area contributed by atoms with E-state index in [1.165, 1.54) is 0 Å². The molecule has 0 radical (unpaired) electrons. The summed E-state index contributed by atoms with van der Waals surface area (Å²) in [5.74, 6) is -0.527. The van der Waals surface area contributed by atoms with Gasteiger partial charge in [0.1, 0.15) is 0 Å². The molecule has 1 atom stereocenters. The Bertz CT molecular complexity index is 685. The number of halogens is 2. The fraction of sp³-hybridized carbons (Fsp3) is 0.417. The van der Waals surface area contributed by atoms with Gasteiger partial charge in [0.15, 0.2) is 0 Å². The Kier molecular flexibility index (Phi) is 4.51. The van der Waals surface area contributed by atoms with Crippen LogP contribution in [-0.4, -0.2) is 33.1 Å². The molecule has 1 aromatic rings. The first-order valence-electron chi connectivity index (χ1n) is 6.04. The van der Waals surface area contributed by atoms with Crippen molar-refractivity contribution in [2.75, 3.05) is 13.2 Å². The topological polar surface area (TPSA) is 98.5 Å². The van der Waals surface area contributed by atoms with Gasteiger partial charge in [-0.15, -0.1) is 0 Å². The van der Waals surface area contributed by atoms with Gasteiger partial charge in [0.05, 0.1) is 32.7 Å². The summed E-state index contributed by atoms with van der Waals surface area (Å²) < 4.78 is 28.0. The van der Waals surface area contributed by atoms with Crippen LogP contribution >= 0.6 is 23.2 Å². The average Bonchev–Trinajstić information content (AvgIpc) is 2.77. The molecule has 1 amide bonds. The monoisotopic (exact) mass is 352 g/mol. The molecule has 1 aliphatic rings. The molecule has 0 saturated carbocycles. The second kappa shape index (κ2) is 5.73. The van der Waals surface area contributed by atoms with Gasteiger partial charge in [-0.1, -0.05) is 23.2 Å². The largest absolute Gasteiger partial charge is 0.379 e. The molecule has 1 saturated heterocycles. The van der Waals surface area contributed by atoms with Crippen LogP contribution in [0.15, 0.2) is 17.0 Å². The maximum atomic E-state index is 12.3. The summed E-state index contributed by atoms with van der Waals surface area (Å²) in [6.45, 7) is 2.75. The third kappa shape index (κ3) is 3.67. The van der Waals surface area contributed by atoms with E-state index in [1.807, 2.05) is 6.92 Å². The molecule has 3 N–H and O–H groups in total. The molecule has 1 unspecified atom stereocenters. The summed E-state index contributed by atoms with van der Waals surface area (Å²) in [4.78, 5) is 12.0. The van der Waals surface area contributed by atoms with Gasteiger partial charge in [-0.05, 0) is 25.5 Å². The second-order valence-corrected chi connectivity index (χ2v) is 7.48. The van der Waals surface area contributed by atoms with E-state index in [2.05, 4.69) is 5.32 Å². The maximum absolute atomic E-state index is 12.3. The highest BCUT2D eigenvalue weighted by Crippen LogP contribution is 2.30. The molecule has 0 aromatic heterocycles. The van der Waals surface area contributed by atoms with Crippen LogP contribution in [0, 0.1) is 0 Å². The van der Waals surface area contributed by atoms with E-state index in [9.17, 15) is 13.2 Å². The summed E-state index contributed by atoms with van der Waals surface area (Å²) in [6, 6.07) is 2.22. The molecule has 2 rings (SSSR count). The summed E-state index contributed by atoms with van der Waals surface area (Å²) in [7, 11) is -3.99. The molecule has 1 fully saturated rings. The van der Waals surface area contributed by atoms with E-state index >= 15 is 0 Å². The number of rotatable bonds is 3. The number of primary sulfonamides is 1. The molecule has 1 aliphatic heterocycles. The molecule has 21 heavy (non-hydrogen) atoms. The van der Waals surface area contributed by atoms with Crippen molar-refractivity contribution in [2.24, 2.45) is 5.14 Å². The fourth-order valence-corrected chi connectivity index (χ4v) is 3.04. The van der Waals surface area contributed by atoms with Crippen molar-refractivity contribution in [3.63, 3.8) is 0 Å². The smallest absolute Gasteiger partial charge is 0.253 e. The first kappa shape index (κ1) is 16.5. The highest BCUT2D eigenvalue weighted by Gasteiger charge is 2.32. The quantitative estimate of drug-likeness (QED) is 0.861. The highest BCUT2D eigenvalue weighted by atomic mass is 35.5. The van der Waals surface area contributed by atoms with Gasteiger partial charge >= 0.3 is 0 Å². The first-order chi connectivity index (χ1) is 9.62. The van der Waals surface area contributed by atoms with E-state index in [0.717, 1.165) is 12.1 Å². The van der Waals surface area contributed by atoms with Gasteiger partial charge in [-0.25, -0.2) is 13.6 Å². The number of benzene rings is 1. The third-order valence-electron chi connectivity index (χ3n) is 3.21. The Morgan fingerprint density at radius 2 is 2.10 bits per heavy atom. The van der Waals surface area contributed by atoms with Crippen LogP contribution in [0.3, 0.4) is 0 Å². The van der Waals surface area contributed by atoms with Crippen LogP contribution in [0.25, 0.3) is 0 Å². The normalized spacial score (nSPS) is 22.3. The van der Waals surface area contributed by atoms with E-state index in [0.29, 0.717) is 19.6 Å². The lowest BCUT2D eigenvalue weighted by Crippen LogP contribution is -2.46. The third-order valence-corrected chi connectivity index (χ3v) is 4.90. The van der Waals surface area contributed by atoms with Crippen LogP contribution < -0.4 is 10.5 Å². The molecule has 6 nitrogen and oxygen atoms in total. The molecule has 0 bridgehead atoms. The van der Waals surface area contributed by atoms with Gasteiger partial charge in [0, 0.05) is 6.61 Å². The minimum absolute atomic E-state index is 0.0240. The number of amides is 1. The Labute approximate surface area is 132 Å². The van der Waals surface area contributed by atoms with Gasteiger partial charge < -0.3 is 10.1 Å². The zero-order valence-electron chi connectivity index (χ0n) is 11.2. The highest BCUT2D eigenvalue weighted by molar-refractivity contribution is 7.89. The molecular weight excluding hydrogens is 339 g/mol. The maximum Gasteiger partial charge on any atom is 0.253 e. The van der Waals surface area contributed by atoms with E-state index in [-0.39, 0.29) is 20.5 Å². The number of hydrogen-bond donors (Lipinski definition) is 2. The molecule has 9 heteroatoms. The standard InChI is InChI=1S/C12H14Cl2N2O4S/c1-12(2-3-20-6-12)16-11(17)8-4-7(21(15,18)19)5-9(13)10(8)14/h4-5H,2-3,6H2,1H3,(H,16,17)(H2,15,18,19). The lowest BCUT2D eigenvalue weighted by molar-refractivity contribution is 0.0890. The van der Waals surface area contributed by atoms with Gasteiger partial charge in [0.25, 0.3) is 5.91 Å². The van der Waals surface area contributed by atoms with Crippen LogP contribution in [0.1, 0.15) is 23.7 Å². The Balaban J connectivity index is 2.38. The number of nitrogens with two attached hydrogens (primary N) is 1. The Morgan fingerprint density at radius 1 is 1.43 bits per heavy atom. The van der Waals surface area contributed by atoms with Crippen LogP contribution in [0.5, 0.6) is 0 Å².